The van der Waals surface area contributed by atoms with Crippen LogP contribution in [0.25, 0.3) is 0 Å². The van der Waals surface area contributed by atoms with E-state index in [4.69, 9.17) is 5.11 Å². The number of carboxylic acid groups (broad SMARTS) is 1. The van der Waals surface area contributed by atoms with Crippen LogP contribution in [-0.2, 0) is 4.79 Å². The van der Waals surface area contributed by atoms with Crippen molar-refractivity contribution in [2.75, 3.05) is 6.54 Å². The average molecular weight is 169 g/mol. The lowest BCUT2D eigenvalue weighted by Gasteiger charge is -2.33. The van der Waals surface area contributed by atoms with Crippen LogP contribution in [0.4, 0.5) is 0 Å². The van der Waals surface area contributed by atoms with Crippen molar-refractivity contribution in [2.45, 2.75) is 31.7 Å². The third-order valence-electron chi connectivity index (χ3n) is 3.24. The van der Waals surface area contributed by atoms with E-state index in [1.807, 2.05) is 0 Å². The molecule has 68 valence electrons. The highest BCUT2D eigenvalue weighted by Gasteiger charge is 2.39. The van der Waals surface area contributed by atoms with Crippen molar-refractivity contribution in [3.63, 3.8) is 0 Å². The molecule has 0 aromatic heterocycles. The average Bonchev–Trinajstić information content (AvgIpc) is 2.31. The lowest BCUT2D eigenvalue weighted by atomic mass is 9.76. The van der Waals surface area contributed by atoms with E-state index in [2.05, 4.69) is 5.32 Å². The Kier molecular flexibility index (Phi) is 2.05. The molecule has 1 aliphatic carbocycles. The zero-order chi connectivity index (χ0) is 8.55. The molecule has 12 heavy (non-hydrogen) atoms. The Labute approximate surface area is 72.2 Å². The number of nitrogens with one attached hydrogen (secondary N) is 1. The largest absolute Gasteiger partial charge is 0.481 e. The Balaban J connectivity index is 1.98. The van der Waals surface area contributed by atoms with Gasteiger partial charge in [0.2, 0.25) is 0 Å². The molecule has 1 aliphatic heterocycles. The summed E-state index contributed by atoms with van der Waals surface area (Å²) < 4.78 is 0. The van der Waals surface area contributed by atoms with E-state index < -0.39 is 5.97 Å². The van der Waals surface area contributed by atoms with Crippen LogP contribution in [0.3, 0.4) is 0 Å². The van der Waals surface area contributed by atoms with Crippen LogP contribution in [0.5, 0.6) is 0 Å². The summed E-state index contributed by atoms with van der Waals surface area (Å²) in [7, 11) is 0. The Bertz CT molecular complexity index is 189. The minimum atomic E-state index is -0.614. The maximum absolute atomic E-state index is 10.8. The first-order valence-electron chi connectivity index (χ1n) is 4.75. The minimum Gasteiger partial charge on any atom is -0.481 e. The van der Waals surface area contributed by atoms with E-state index in [9.17, 15) is 4.79 Å². The Morgan fingerprint density at radius 1 is 1.33 bits per heavy atom. The molecule has 2 fully saturated rings. The number of carbonyl (C=O) groups is 1. The smallest absolute Gasteiger partial charge is 0.308 e. The highest BCUT2D eigenvalue weighted by Crippen LogP contribution is 2.35. The number of aliphatic carboxylic acids is 1. The van der Waals surface area contributed by atoms with E-state index in [1.165, 1.54) is 19.3 Å². The van der Waals surface area contributed by atoms with Gasteiger partial charge in [-0.2, -0.15) is 0 Å². The first-order chi connectivity index (χ1) is 5.79. The zero-order valence-corrected chi connectivity index (χ0v) is 7.12. The molecule has 0 bridgehead atoms. The minimum absolute atomic E-state index is 0.115. The molecule has 0 amide bonds. The van der Waals surface area contributed by atoms with Crippen LogP contribution in [0, 0.1) is 11.8 Å². The van der Waals surface area contributed by atoms with Gasteiger partial charge in [0.05, 0.1) is 5.92 Å². The van der Waals surface area contributed by atoms with Crippen LogP contribution in [0.15, 0.2) is 0 Å². The summed E-state index contributed by atoms with van der Waals surface area (Å²) >= 11 is 0. The summed E-state index contributed by atoms with van der Waals surface area (Å²) in [4.78, 5) is 10.8. The van der Waals surface area contributed by atoms with E-state index >= 15 is 0 Å². The monoisotopic (exact) mass is 169 g/mol. The van der Waals surface area contributed by atoms with Gasteiger partial charge in [0.15, 0.2) is 0 Å². The molecular weight excluding hydrogens is 154 g/mol. The Morgan fingerprint density at radius 3 is 2.58 bits per heavy atom. The summed E-state index contributed by atoms with van der Waals surface area (Å²) in [6, 6.07) is 0.274. The fourth-order valence-corrected chi connectivity index (χ4v) is 2.30. The second-order valence-corrected chi connectivity index (χ2v) is 3.90. The molecule has 0 aromatic carbocycles. The fraction of sp³-hybridized carbons (Fsp3) is 0.889. The van der Waals surface area contributed by atoms with Crippen LogP contribution >= 0.6 is 0 Å². The summed E-state index contributed by atoms with van der Waals surface area (Å²) in [5.74, 6) is -0.0826. The van der Waals surface area contributed by atoms with Crippen LogP contribution in [-0.4, -0.2) is 23.7 Å². The molecular formula is C9H15NO2. The second-order valence-electron chi connectivity index (χ2n) is 3.90. The SMILES string of the molecule is O=C(O)C1CCNC1C1CCC1. The second kappa shape index (κ2) is 3.05. The lowest BCUT2D eigenvalue weighted by Crippen LogP contribution is -2.41. The molecule has 1 saturated carbocycles. The summed E-state index contributed by atoms with van der Waals surface area (Å²) in [5, 5.41) is 12.2. The van der Waals surface area contributed by atoms with Gasteiger partial charge >= 0.3 is 5.97 Å². The van der Waals surface area contributed by atoms with Gasteiger partial charge in [0.25, 0.3) is 0 Å². The molecule has 2 aliphatic rings. The van der Waals surface area contributed by atoms with Crippen LogP contribution < -0.4 is 5.32 Å². The predicted molar refractivity (Wildman–Crippen MR) is 44.9 cm³/mol. The van der Waals surface area contributed by atoms with Crippen LogP contribution in [0.2, 0.25) is 0 Å². The molecule has 3 heteroatoms. The van der Waals surface area contributed by atoms with E-state index in [0.29, 0.717) is 5.92 Å². The summed E-state index contributed by atoms with van der Waals surface area (Å²) in [6.45, 7) is 0.887. The van der Waals surface area contributed by atoms with Gasteiger partial charge in [0, 0.05) is 6.04 Å². The van der Waals surface area contributed by atoms with Gasteiger partial charge in [-0.1, -0.05) is 6.42 Å². The summed E-state index contributed by atoms with van der Waals surface area (Å²) in [6.07, 6.45) is 4.55. The van der Waals surface area contributed by atoms with Gasteiger partial charge in [-0.15, -0.1) is 0 Å². The third-order valence-corrected chi connectivity index (χ3v) is 3.24. The molecule has 3 nitrogen and oxygen atoms in total. The molecule has 1 saturated heterocycles. The molecule has 2 N–H and O–H groups in total. The summed E-state index contributed by atoms with van der Waals surface area (Å²) in [5.41, 5.74) is 0. The lowest BCUT2D eigenvalue weighted by molar-refractivity contribution is -0.142. The molecule has 0 spiro atoms. The molecule has 2 atom stereocenters. The van der Waals surface area contributed by atoms with Crippen LogP contribution in [0.1, 0.15) is 25.7 Å². The van der Waals surface area contributed by atoms with Crippen molar-refractivity contribution in [1.29, 1.82) is 0 Å². The Morgan fingerprint density at radius 2 is 2.08 bits per heavy atom. The van der Waals surface area contributed by atoms with Crippen molar-refractivity contribution in [1.82, 2.24) is 5.32 Å². The molecule has 0 radical (unpaired) electrons. The standard InChI is InChI=1S/C9H15NO2/c11-9(12)7-4-5-10-8(7)6-2-1-3-6/h6-8,10H,1-5H2,(H,11,12). The quantitative estimate of drug-likeness (QED) is 0.644. The van der Waals surface area contributed by atoms with Gasteiger partial charge in [-0.25, -0.2) is 0 Å². The van der Waals surface area contributed by atoms with Gasteiger partial charge < -0.3 is 10.4 Å². The predicted octanol–water partition coefficient (Wildman–Crippen LogP) is 0.849. The first-order valence-corrected chi connectivity index (χ1v) is 4.75. The topological polar surface area (TPSA) is 49.3 Å². The third kappa shape index (κ3) is 1.22. The highest BCUT2D eigenvalue weighted by atomic mass is 16.4. The van der Waals surface area contributed by atoms with Gasteiger partial charge in [0.1, 0.15) is 0 Å². The molecule has 0 aromatic rings. The van der Waals surface area contributed by atoms with Crippen molar-refractivity contribution < 1.29 is 9.90 Å². The maximum Gasteiger partial charge on any atom is 0.308 e. The fourth-order valence-electron chi connectivity index (χ4n) is 2.30. The van der Waals surface area contributed by atoms with E-state index in [-0.39, 0.29) is 12.0 Å². The number of rotatable bonds is 2. The number of hydrogen-bond acceptors (Lipinski definition) is 2. The molecule has 2 unspecified atom stereocenters. The van der Waals surface area contributed by atoms with Gasteiger partial charge in [-0.3, -0.25) is 4.79 Å². The number of carboxylic acids is 1. The molecule has 2 rings (SSSR count). The van der Waals surface area contributed by atoms with Crippen molar-refractivity contribution >= 4 is 5.97 Å². The first kappa shape index (κ1) is 8.05. The van der Waals surface area contributed by atoms with E-state index in [1.54, 1.807) is 0 Å². The molecule has 1 heterocycles. The number of hydrogen-bond donors (Lipinski definition) is 2. The normalized spacial score (nSPS) is 36.3. The van der Waals surface area contributed by atoms with Crippen molar-refractivity contribution in [3.05, 3.63) is 0 Å². The van der Waals surface area contributed by atoms with E-state index in [0.717, 1.165) is 13.0 Å². The van der Waals surface area contributed by atoms with Crippen molar-refractivity contribution in [3.8, 4) is 0 Å². The zero-order valence-electron chi connectivity index (χ0n) is 7.12. The van der Waals surface area contributed by atoms with Crippen molar-refractivity contribution in [2.24, 2.45) is 11.8 Å². The maximum atomic E-state index is 10.8. The van der Waals surface area contributed by atoms with Gasteiger partial charge in [-0.05, 0) is 31.7 Å². The highest BCUT2D eigenvalue weighted by molar-refractivity contribution is 5.71. The Hall–Kier alpha value is -0.570.